The number of thiocarbonyl (C=S) groups is 2. The summed E-state index contributed by atoms with van der Waals surface area (Å²) in [5, 5.41) is 0. The molecule has 0 aromatic heterocycles. The molecular formula is C6H11N2NaS4. The molecule has 1 heterocycles. The molecule has 0 bridgehead atoms. The van der Waals surface area contributed by atoms with Gasteiger partial charge in [-0.05, 0) is 0 Å². The first-order chi connectivity index (χ1) is 5.61. The SMILES string of the molecule is S=C(S)N1CCN(C(=S)S)CC1.[NaH]. The Morgan fingerprint density at radius 3 is 1.23 bits per heavy atom. The molecule has 0 saturated carbocycles. The molecule has 1 fully saturated rings. The van der Waals surface area contributed by atoms with Crippen LogP contribution in [-0.4, -0.2) is 74.2 Å². The van der Waals surface area contributed by atoms with Gasteiger partial charge in [-0.1, -0.05) is 24.4 Å². The van der Waals surface area contributed by atoms with Crippen LogP contribution in [0.1, 0.15) is 0 Å². The molecule has 1 aliphatic rings. The number of rotatable bonds is 0. The van der Waals surface area contributed by atoms with Gasteiger partial charge in [0.1, 0.15) is 8.64 Å². The standard InChI is InChI=1S/C6H10N2S4.Na.H/c9-5(10)7-1-2-8(4-3-7)6(11)12;;/h1-4H2,(H,9,10)(H,11,12);;. The summed E-state index contributed by atoms with van der Waals surface area (Å²) in [6, 6.07) is 0. The Kier molecular flexibility index (Phi) is 7.65. The third-order valence-corrected chi connectivity index (χ3v) is 2.90. The van der Waals surface area contributed by atoms with E-state index < -0.39 is 0 Å². The second kappa shape index (κ2) is 6.87. The van der Waals surface area contributed by atoms with Crippen LogP contribution < -0.4 is 0 Å². The molecular weight excluding hydrogens is 251 g/mol. The van der Waals surface area contributed by atoms with Crippen LogP contribution >= 0.6 is 49.7 Å². The van der Waals surface area contributed by atoms with Gasteiger partial charge in [-0.15, -0.1) is 25.3 Å². The Balaban J connectivity index is 0.00000144. The summed E-state index contributed by atoms with van der Waals surface area (Å²) in [6.07, 6.45) is 0. The third kappa shape index (κ3) is 4.68. The second-order valence-electron chi connectivity index (χ2n) is 2.54. The molecule has 0 radical (unpaired) electrons. The first kappa shape index (κ1) is 14.5. The van der Waals surface area contributed by atoms with Gasteiger partial charge in [0.2, 0.25) is 0 Å². The van der Waals surface area contributed by atoms with Gasteiger partial charge in [-0.25, -0.2) is 0 Å². The van der Waals surface area contributed by atoms with Crippen molar-refractivity contribution in [3.8, 4) is 0 Å². The average molecular weight is 262 g/mol. The van der Waals surface area contributed by atoms with Crippen molar-refractivity contribution in [2.75, 3.05) is 26.2 Å². The Hall–Kier alpha value is 1.48. The van der Waals surface area contributed by atoms with Gasteiger partial charge < -0.3 is 9.80 Å². The Morgan fingerprint density at radius 1 is 0.846 bits per heavy atom. The molecule has 0 unspecified atom stereocenters. The van der Waals surface area contributed by atoms with Crippen LogP contribution in [0.3, 0.4) is 0 Å². The van der Waals surface area contributed by atoms with Crippen LogP contribution in [0.25, 0.3) is 0 Å². The molecule has 0 atom stereocenters. The van der Waals surface area contributed by atoms with Gasteiger partial charge >= 0.3 is 29.6 Å². The molecule has 1 saturated heterocycles. The first-order valence-corrected chi connectivity index (χ1v) is 5.28. The zero-order valence-electron chi connectivity index (χ0n) is 6.43. The van der Waals surface area contributed by atoms with Crippen molar-refractivity contribution in [3.63, 3.8) is 0 Å². The number of hydrogen-bond acceptors (Lipinski definition) is 2. The van der Waals surface area contributed by atoms with Crippen LogP contribution in [0.5, 0.6) is 0 Å². The number of nitrogens with zero attached hydrogens (tertiary/aromatic N) is 2. The van der Waals surface area contributed by atoms with Crippen LogP contribution in [-0.2, 0) is 0 Å². The Bertz CT molecular complexity index is 181. The fourth-order valence-corrected chi connectivity index (χ4v) is 1.85. The number of piperazine rings is 1. The molecule has 0 spiro atoms. The fraction of sp³-hybridized carbons (Fsp3) is 0.667. The quantitative estimate of drug-likeness (QED) is 0.370. The Labute approximate surface area is 123 Å². The summed E-state index contributed by atoms with van der Waals surface area (Å²) >= 11 is 18.1. The fourth-order valence-electron chi connectivity index (χ4n) is 1.09. The number of hydrogen-bond donors (Lipinski definition) is 2. The van der Waals surface area contributed by atoms with E-state index in [1.165, 1.54) is 0 Å². The molecule has 13 heavy (non-hydrogen) atoms. The van der Waals surface area contributed by atoms with Crippen molar-refractivity contribution in [1.29, 1.82) is 0 Å². The zero-order chi connectivity index (χ0) is 9.14. The minimum atomic E-state index is 0. The van der Waals surface area contributed by atoms with Crippen molar-refractivity contribution in [2.45, 2.75) is 0 Å². The number of thiol groups is 2. The van der Waals surface area contributed by atoms with Gasteiger partial charge in [0, 0.05) is 26.2 Å². The van der Waals surface area contributed by atoms with Gasteiger partial charge in [0.25, 0.3) is 0 Å². The van der Waals surface area contributed by atoms with Crippen molar-refractivity contribution in [2.24, 2.45) is 0 Å². The molecule has 0 amide bonds. The van der Waals surface area contributed by atoms with E-state index in [0.29, 0.717) is 8.64 Å². The molecule has 0 aliphatic carbocycles. The van der Waals surface area contributed by atoms with E-state index in [0.717, 1.165) is 26.2 Å². The second-order valence-corrected chi connectivity index (χ2v) is 4.76. The van der Waals surface area contributed by atoms with Crippen molar-refractivity contribution < 1.29 is 0 Å². The summed E-state index contributed by atoms with van der Waals surface area (Å²) in [6.45, 7) is 3.57. The molecule has 0 aromatic carbocycles. The molecule has 7 heteroatoms. The van der Waals surface area contributed by atoms with Crippen molar-refractivity contribution in [1.82, 2.24) is 9.80 Å². The van der Waals surface area contributed by atoms with Crippen LogP contribution in [0, 0.1) is 0 Å². The zero-order valence-corrected chi connectivity index (χ0v) is 9.86. The van der Waals surface area contributed by atoms with Crippen LogP contribution in [0.15, 0.2) is 0 Å². The predicted molar refractivity (Wildman–Crippen MR) is 73.5 cm³/mol. The van der Waals surface area contributed by atoms with E-state index in [4.69, 9.17) is 24.4 Å². The molecule has 0 N–H and O–H groups in total. The third-order valence-electron chi connectivity index (χ3n) is 1.82. The van der Waals surface area contributed by atoms with E-state index in [9.17, 15) is 0 Å². The summed E-state index contributed by atoms with van der Waals surface area (Å²) in [7, 11) is 0. The normalized spacial score (nSPS) is 16.5. The molecule has 2 nitrogen and oxygen atoms in total. The van der Waals surface area contributed by atoms with E-state index in [-0.39, 0.29) is 29.6 Å². The van der Waals surface area contributed by atoms with E-state index in [2.05, 4.69) is 35.1 Å². The van der Waals surface area contributed by atoms with Gasteiger partial charge in [-0.2, -0.15) is 0 Å². The van der Waals surface area contributed by atoms with E-state index >= 15 is 0 Å². The van der Waals surface area contributed by atoms with Crippen molar-refractivity contribution in [3.05, 3.63) is 0 Å². The summed E-state index contributed by atoms with van der Waals surface area (Å²) < 4.78 is 1.33. The van der Waals surface area contributed by atoms with Gasteiger partial charge in [0.05, 0.1) is 0 Å². The molecule has 1 rings (SSSR count). The van der Waals surface area contributed by atoms with Gasteiger partial charge in [0.15, 0.2) is 0 Å². The van der Waals surface area contributed by atoms with Crippen LogP contribution in [0.4, 0.5) is 0 Å². The molecule has 1 aliphatic heterocycles. The topological polar surface area (TPSA) is 6.48 Å². The predicted octanol–water partition coefficient (Wildman–Crippen LogP) is 0.385. The maximum absolute atomic E-state index is 4.94. The van der Waals surface area contributed by atoms with Crippen LogP contribution in [0.2, 0.25) is 0 Å². The minimum absolute atomic E-state index is 0. The maximum atomic E-state index is 4.94. The average Bonchev–Trinajstić information content (AvgIpc) is 2.04. The molecule has 0 aromatic rings. The monoisotopic (exact) mass is 262 g/mol. The molecule has 70 valence electrons. The first-order valence-electron chi connectivity index (χ1n) is 3.57. The van der Waals surface area contributed by atoms with Crippen molar-refractivity contribution >= 4 is 87.9 Å². The summed E-state index contributed by atoms with van der Waals surface area (Å²) in [4.78, 5) is 4.11. The Morgan fingerprint density at radius 2 is 1.08 bits per heavy atom. The summed E-state index contributed by atoms with van der Waals surface area (Å²) in [5.41, 5.74) is 0. The van der Waals surface area contributed by atoms with E-state index in [1.54, 1.807) is 0 Å². The van der Waals surface area contributed by atoms with Gasteiger partial charge in [-0.3, -0.25) is 0 Å². The van der Waals surface area contributed by atoms with E-state index in [1.807, 2.05) is 0 Å². The summed E-state index contributed by atoms with van der Waals surface area (Å²) in [5.74, 6) is 0.